The molecule has 3 rings (SSSR count). The van der Waals surface area contributed by atoms with Crippen molar-refractivity contribution in [2.45, 2.75) is 38.5 Å². The third kappa shape index (κ3) is 2.83. The van der Waals surface area contributed by atoms with Crippen LogP contribution in [-0.4, -0.2) is 41.4 Å². The van der Waals surface area contributed by atoms with Gasteiger partial charge in [0.1, 0.15) is 0 Å². The molecule has 0 aliphatic carbocycles. The van der Waals surface area contributed by atoms with Crippen molar-refractivity contribution < 1.29 is 22.8 Å². The molecule has 8 heteroatoms. The lowest BCUT2D eigenvalue weighted by molar-refractivity contribution is -0.138. The average Bonchev–Trinajstić information content (AvgIpc) is 2.94. The Bertz CT molecular complexity index is 788. The first kappa shape index (κ1) is 18.3. The summed E-state index contributed by atoms with van der Waals surface area (Å²) in [5.41, 5.74) is -0.296. The summed E-state index contributed by atoms with van der Waals surface area (Å²) >= 11 is 0. The number of likely N-dealkylation sites (N-methyl/N-ethyl adjacent to an activating group) is 1. The van der Waals surface area contributed by atoms with Crippen LogP contribution in [0.15, 0.2) is 35.5 Å². The quantitative estimate of drug-likeness (QED) is 0.891. The highest BCUT2D eigenvalue weighted by Gasteiger charge is 2.46. The maximum absolute atomic E-state index is 13.4. The minimum atomic E-state index is -4.58. The first-order valence-electron chi connectivity index (χ1n) is 8.41. The van der Waals surface area contributed by atoms with Gasteiger partial charge in [-0.25, -0.2) is 4.79 Å². The fraction of sp³-hybridized carbons (Fsp3) is 0.444. The van der Waals surface area contributed by atoms with Crippen LogP contribution in [-0.2, 0) is 11.0 Å². The summed E-state index contributed by atoms with van der Waals surface area (Å²) in [6.45, 7) is 4.03. The van der Waals surface area contributed by atoms with Crippen molar-refractivity contribution in [2.24, 2.45) is 0 Å². The molecule has 0 unspecified atom stereocenters. The van der Waals surface area contributed by atoms with Crippen LogP contribution in [0.1, 0.15) is 37.4 Å². The molecule has 1 aromatic rings. The molecule has 0 spiro atoms. The molecular weight excluding hydrogens is 347 g/mol. The Hall–Kier alpha value is -2.51. The molecule has 1 aromatic carbocycles. The van der Waals surface area contributed by atoms with E-state index in [-0.39, 0.29) is 29.6 Å². The van der Waals surface area contributed by atoms with Gasteiger partial charge in [0.05, 0.1) is 29.4 Å². The molecule has 0 saturated carbocycles. The first-order valence-corrected chi connectivity index (χ1v) is 8.41. The van der Waals surface area contributed by atoms with Crippen molar-refractivity contribution in [2.75, 3.05) is 13.6 Å². The largest absolute Gasteiger partial charge is 0.416 e. The van der Waals surface area contributed by atoms with Gasteiger partial charge in [0, 0.05) is 13.1 Å². The summed E-state index contributed by atoms with van der Waals surface area (Å²) in [6.07, 6.45) is -3.87. The predicted molar refractivity (Wildman–Crippen MR) is 89.0 cm³/mol. The molecule has 3 amide bonds. The number of urea groups is 1. The zero-order chi connectivity index (χ0) is 19.2. The second-order valence-corrected chi connectivity index (χ2v) is 6.58. The van der Waals surface area contributed by atoms with Crippen molar-refractivity contribution in [1.82, 2.24) is 15.1 Å². The van der Waals surface area contributed by atoms with E-state index >= 15 is 0 Å². The maximum Gasteiger partial charge on any atom is 0.416 e. The summed E-state index contributed by atoms with van der Waals surface area (Å²) in [5, 5.41) is 2.56. The van der Waals surface area contributed by atoms with Gasteiger partial charge in [0.2, 0.25) is 0 Å². The number of hydrogen-bond donors (Lipinski definition) is 1. The number of amides is 3. The summed E-state index contributed by atoms with van der Waals surface area (Å²) in [4.78, 5) is 28.2. The molecule has 0 bridgehead atoms. The smallest absolute Gasteiger partial charge is 0.330 e. The number of halogens is 3. The number of benzene rings is 1. The highest BCUT2D eigenvalue weighted by molar-refractivity contribution is 6.01. The lowest BCUT2D eigenvalue weighted by Gasteiger charge is -2.32. The Morgan fingerprint density at radius 2 is 1.92 bits per heavy atom. The fourth-order valence-corrected chi connectivity index (χ4v) is 3.40. The zero-order valence-electron chi connectivity index (χ0n) is 14.7. The highest BCUT2D eigenvalue weighted by atomic mass is 19.4. The Morgan fingerprint density at radius 1 is 1.27 bits per heavy atom. The molecule has 0 fully saturated rings. The molecule has 0 saturated heterocycles. The molecule has 5 nitrogen and oxygen atoms in total. The summed E-state index contributed by atoms with van der Waals surface area (Å²) in [6, 6.07) is 3.32. The van der Waals surface area contributed by atoms with Crippen molar-refractivity contribution in [3.05, 3.63) is 46.7 Å². The first-order chi connectivity index (χ1) is 12.2. The molecule has 2 heterocycles. The van der Waals surface area contributed by atoms with E-state index in [1.54, 1.807) is 4.90 Å². The van der Waals surface area contributed by atoms with E-state index in [4.69, 9.17) is 0 Å². The molecule has 26 heavy (non-hydrogen) atoms. The minimum Gasteiger partial charge on any atom is -0.330 e. The summed E-state index contributed by atoms with van der Waals surface area (Å²) in [7, 11) is 1.52. The number of carbonyl (C=O) groups excluding carboxylic acids is 2. The number of alkyl halides is 3. The van der Waals surface area contributed by atoms with Crippen molar-refractivity contribution >= 4 is 11.9 Å². The fourth-order valence-electron chi connectivity index (χ4n) is 3.40. The van der Waals surface area contributed by atoms with Gasteiger partial charge in [0.25, 0.3) is 5.91 Å². The van der Waals surface area contributed by atoms with Gasteiger partial charge >= 0.3 is 12.2 Å². The van der Waals surface area contributed by atoms with Crippen LogP contribution in [0.5, 0.6) is 0 Å². The predicted octanol–water partition coefficient (Wildman–Crippen LogP) is 3.30. The van der Waals surface area contributed by atoms with E-state index in [0.717, 1.165) is 6.07 Å². The summed E-state index contributed by atoms with van der Waals surface area (Å²) in [5.74, 6) is -0.330. The Kier molecular flexibility index (Phi) is 4.46. The Labute approximate surface area is 149 Å². The van der Waals surface area contributed by atoms with Crippen molar-refractivity contribution in [1.29, 1.82) is 0 Å². The third-order valence-electron chi connectivity index (χ3n) is 5.09. The molecule has 0 radical (unpaired) electrons. The number of carbonyl (C=O) groups is 2. The topological polar surface area (TPSA) is 52.7 Å². The second-order valence-electron chi connectivity index (χ2n) is 6.58. The van der Waals surface area contributed by atoms with E-state index < -0.39 is 23.8 Å². The molecule has 2 atom stereocenters. The zero-order valence-corrected chi connectivity index (χ0v) is 14.7. The highest BCUT2D eigenvalue weighted by Crippen LogP contribution is 2.41. The molecule has 2 aliphatic heterocycles. The van der Waals surface area contributed by atoms with Crippen molar-refractivity contribution in [3.63, 3.8) is 0 Å². The van der Waals surface area contributed by atoms with Gasteiger partial charge in [-0.3, -0.25) is 9.69 Å². The van der Waals surface area contributed by atoms with Crippen LogP contribution in [0.25, 0.3) is 0 Å². The van der Waals surface area contributed by atoms with Gasteiger partial charge in [-0.05, 0) is 25.0 Å². The van der Waals surface area contributed by atoms with E-state index in [1.165, 1.54) is 30.1 Å². The van der Waals surface area contributed by atoms with E-state index in [9.17, 15) is 22.8 Å². The van der Waals surface area contributed by atoms with Crippen LogP contribution in [0.3, 0.4) is 0 Å². The standard InChI is InChI=1S/C18H20F3N3O2/c1-4-10(2)24-9-13-14(16(24)25)15(22-17(26)23(13)3)11-7-5-6-8-12(11)18(19,20)21/h5-8,10,15H,4,9H2,1-3H3,(H,22,26)/t10-,15-/m1/s1. The average molecular weight is 367 g/mol. The normalized spacial score (nSPS) is 21.8. The molecule has 2 aliphatic rings. The van der Waals surface area contributed by atoms with Gasteiger partial charge in [-0.1, -0.05) is 25.1 Å². The van der Waals surface area contributed by atoms with E-state index in [1.807, 2.05) is 13.8 Å². The van der Waals surface area contributed by atoms with Crippen LogP contribution in [0.4, 0.5) is 18.0 Å². The van der Waals surface area contributed by atoms with Gasteiger partial charge in [0.15, 0.2) is 0 Å². The third-order valence-corrected chi connectivity index (χ3v) is 5.09. The van der Waals surface area contributed by atoms with Crippen molar-refractivity contribution in [3.8, 4) is 0 Å². The lowest BCUT2D eigenvalue weighted by Crippen LogP contribution is -2.45. The SMILES string of the molecule is CC[C@@H](C)N1CC2=C(C1=O)[C@@H](c1ccccc1C(F)(F)F)NC(=O)N2C. The monoisotopic (exact) mass is 367 g/mol. The molecule has 1 N–H and O–H groups in total. The Morgan fingerprint density at radius 3 is 2.54 bits per heavy atom. The molecule has 0 aromatic heterocycles. The number of hydrogen-bond acceptors (Lipinski definition) is 2. The molecule has 140 valence electrons. The minimum absolute atomic E-state index is 0.0740. The number of nitrogens with zero attached hydrogens (tertiary/aromatic N) is 2. The number of rotatable bonds is 3. The maximum atomic E-state index is 13.4. The van der Waals surface area contributed by atoms with Crippen LogP contribution >= 0.6 is 0 Å². The summed E-state index contributed by atoms with van der Waals surface area (Å²) < 4.78 is 40.3. The van der Waals surface area contributed by atoms with Crippen LogP contribution < -0.4 is 5.32 Å². The van der Waals surface area contributed by atoms with Gasteiger partial charge in [-0.2, -0.15) is 13.2 Å². The Balaban J connectivity index is 2.12. The number of nitrogens with one attached hydrogen (secondary N) is 1. The van der Waals surface area contributed by atoms with E-state index in [2.05, 4.69) is 5.32 Å². The van der Waals surface area contributed by atoms with Crippen LogP contribution in [0, 0.1) is 0 Å². The van der Waals surface area contributed by atoms with Gasteiger partial charge in [-0.15, -0.1) is 0 Å². The lowest BCUT2D eigenvalue weighted by atomic mass is 9.91. The van der Waals surface area contributed by atoms with E-state index in [0.29, 0.717) is 12.1 Å². The van der Waals surface area contributed by atoms with Crippen LogP contribution in [0.2, 0.25) is 0 Å². The van der Waals surface area contributed by atoms with Gasteiger partial charge < -0.3 is 10.2 Å². The molecular formula is C18H20F3N3O2. The second kappa shape index (κ2) is 6.34.